The van der Waals surface area contributed by atoms with Crippen molar-refractivity contribution in [3.8, 4) is 0 Å². The van der Waals surface area contributed by atoms with Crippen molar-refractivity contribution >= 4 is 0 Å². The second kappa shape index (κ2) is 13.0. The van der Waals surface area contributed by atoms with E-state index in [2.05, 4.69) is 48.8 Å². The molecule has 6 heteroatoms. The van der Waals surface area contributed by atoms with Gasteiger partial charge in [0.2, 0.25) is 0 Å². The maximum Gasteiger partial charge on any atom is 0.0949 e. The Hall–Kier alpha value is -1.66. The standard InChI is InChI=1S/C13H23N3.C12H21N3/c1-12-10-16(11-14-12)7-3-4-13-5-8-15(2)9-6-13;1-11-9-15(10-14-11)8-2-3-12-4-6-13-7-5-12/h10-11,13H,3-9H2,1-2H3;9-10,12-13H,2-8H2,1H3. The van der Waals surface area contributed by atoms with E-state index >= 15 is 0 Å². The molecule has 4 heterocycles. The predicted molar refractivity (Wildman–Crippen MR) is 128 cm³/mol. The van der Waals surface area contributed by atoms with Crippen molar-refractivity contribution in [2.45, 2.75) is 78.3 Å². The third kappa shape index (κ3) is 9.16. The third-order valence-electron chi connectivity index (χ3n) is 6.88. The van der Waals surface area contributed by atoms with Gasteiger partial charge in [-0.2, -0.15) is 0 Å². The molecule has 4 rings (SSSR count). The fourth-order valence-corrected chi connectivity index (χ4v) is 4.83. The zero-order valence-electron chi connectivity index (χ0n) is 20.1. The van der Waals surface area contributed by atoms with Crippen molar-refractivity contribution in [1.82, 2.24) is 29.3 Å². The quantitative estimate of drug-likeness (QED) is 0.682. The molecule has 0 saturated carbocycles. The smallest absolute Gasteiger partial charge is 0.0949 e. The van der Waals surface area contributed by atoms with Gasteiger partial charge in [-0.25, -0.2) is 9.97 Å². The Kier molecular flexibility index (Phi) is 10.1. The minimum Gasteiger partial charge on any atom is -0.337 e. The van der Waals surface area contributed by atoms with Gasteiger partial charge < -0.3 is 19.4 Å². The molecule has 0 amide bonds. The molecule has 0 atom stereocenters. The molecule has 2 aromatic rings. The maximum atomic E-state index is 4.25. The largest absolute Gasteiger partial charge is 0.337 e. The van der Waals surface area contributed by atoms with Crippen LogP contribution in [-0.4, -0.2) is 57.2 Å². The van der Waals surface area contributed by atoms with Gasteiger partial charge in [-0.15, -0.1) is 0 Å². The molecule has 6 nitrogen and oxygen atoms in total. The van der Waals surface area contributed by atoms with Crippen molar-refractivity contribution in [3.63, 3.8) is 0 Å². The van der Waals surface area contributed by atoms with E-state index in [1.807, 2.05) is 26.5 Å². The fourth-order valence-electron chi connectivity index (χ4n) is 4.83. The summed E-state index contributed by atoms with van der Waals surface area (Å²) in [5.41, 5.74) is 2.25. The van der Waals surface area contributed by atoms with E-state index in [9.17, 15) is 0 Å². The molecular formula is C25H44N6. The Morgan fingerprint density at radius 3 is 1.74 bits per heavy atom. The summed E-state index contributed by atoms with van der Waals surface area (Å²) >= 11 is 0. The number of hydrogen-bond donors (Lipinski definition) is 1. The first-order chi connectivity index (χ1) is 15.1. The van der Waals surface area contributed by atoms with Gasteiger partial charge in [0, 0.05) is 25.5 Å². The number of piperidine rings is 2. The molecule has 2 fully saturated rings. The van der Waals surface area contributed by atoms with E-state index in [-0.39, 0.29) is 0 Å². The molecular weight excluding hydrogens is 384 g/mol. The van der Waals surface area contributed by atoms with Gasteiger partial charge in [-0.3, -0.25) is 0 Å². The van der Waals surface area contributed by atoms with Gasteiger partial charge in [0.1, 0.15) is 0 Å². The third-order valence-corrected chi connectivity index (χ3v) is 6.88. The van der Waals surface area contributed by atoms with Crippen LogP contribution in [0.3, 0.4) is 0 Å². The number of nitrogens with zero attached hydrogens (tertiary/aromatic N) is 5. The minimum atomic E-state index is 0.955. The van der Waals surface area contributed by atoms with Gasteiger partial charge >= 0.3 is 0 Å². The van der Waals surface area contributed by atoms with Gasteiger partial charge in [0.15, 0.2) is 0 Å². The highest BCUT2D eigenvalue weighted by atomic mass is 15.1. The lowest BCUT2D eigenvalue weighted by atomic mass is 9.92. The van der Waals surface area contributed by atoms with E-state index in [1.54, 1.807) is 0 Å². The van der Waals surface area contributed by atoms with Crippen LogP contribution in [0.2, 0.25) is 0 Å². The monoisotopic (exact) mass is 428 g/mol. The number of likely N-dealkylation sites (tertiary alicyclic amines) is 1. The zero-order chi connectivity index (χ0) is 21.9. The van der Waals surface area contributed by atoms with E-state index < -0.39 is 0 Å². The SMILES string of the molecule is Cc1cn(CCCC2CCN(C)CC2)cn1.Cc1cn(CCCC2CCNCC2)cn1. The highest BCUT2D eigenvalue weighted by Crippen LogP contribution is 2.21. The number of imidazole rings is 2. The molecule has 0 radical (unpaired) electrons. The first-order valence-corrected chi connectivity index (χ1v) is 12.4. The summed E-state index contributed by atoms with van der Waals surface area (Å²) in [5.74, 6) is 1.91. The molecule has 0 unspecified atom stereocenters. The molecule has 2 saturated heterocycles. The number of rotatable bonds is 8. The molecule has 0 bridgehead atoms. The molecule has 2 aliphatic rings. The summed E-state index contributed by atoms with van der Waals surface area (Å²) < 4.78 is 4.42. The van der Waals surface area contributed by atoms with Crippen molar-refractivity contribution in [3.05, 3.63) is 36.4 Å². The van der Waals surface area contributed by atoms with E-state index in [1.165, 1.54) is 77.5 Å². The molecule has 31 heavy (non-hydrogen) atoms. The van der Waals surface area contributed by atoms with Gasteiger partial charge in [0.05, 0.1) is 24.0 Å². The molecule has 0 aromatic carbocycles. The lowest BCUT2D eigenvalue weighted by molar-refractivity contribution is 0.209. The zero-order valence-corrected chi connectivity index (χ0v) is 20.1. The first-order valence-electron chi connectivity index (χ1n) is 12.4. The Bertz CT molecular complexity index is 722. The van der Waals surface area contributed by atoms with Crippen LogP contribution in [0.1, 0.15) is 62.8 Å². The van der Waals surface area contributed by atoms with Crippen molar-refractivity contribution in [2.24, 2.45) is 11.8 Å². The number of hydrogen-bond acceptors (Lipinski definition) is 4. The molecule has 2 aliphatic heterocycles. The molecule has 2 aromatic heterocycles. The maximum absolute atomic E-state index is 4.25. The Morgan fingerprint density at radius 1 is 0.806 bits per heavy atom. The molecule has 0 spiro atoms. The topological polar surface area (TPSA) is 50.9 Å². The second-order valence-electron chi connectivity index (χ2n) is 9.73. The summed E-state index contributed by atoms with van der Waals surface area (Å²) in [7, 11) is 2.23. The summed E-state index contributed by atoms with van der Waals surface area (Å²) in [6.45, 7) is 11.4. The van der Waals surface area contributed by atoms with Crippen LogP contribution in [-0.2, 0) is 13.1 Å². The lowest BCUT2D eigenvalue weighted by Crippen LogP contribution is -2.30. The normalized spacial score (nSPS) is 18.7. The minimum absolute atomic E-state index is 0.955. The van der Waals surface area contributed by atoms with Crippen LogP contribution in [0.4, 0.5) is 0 Å². The summed E-state index contributed by atoms with van der Waals surface area (Å²) in [6, 6.07) is 0. The highest BCUT2D eigenvalue weighted by Gasteiger charge is 2.16. The van der Waals surface area contributed by atoms with Gasteiger partial charge in [0.25, 0.3) is 0 Å². The average molecular weight is 429 g/mol. The van der Waals surface area contributed by atoms with Crippen LogP contribution < -0.4 is 5.32 Å². The van der Waals surface area contributed by atoms with E-state index in [0.717, 1.165) is 36.3 Å². The van der Waals surface area contributed by atoms with Crippen LogP contribution in [0.25, 0.3) is 0 Å². The fraction of sp³-hybridized carbons (Fsp3) is 0.760. The van der Waals surface area contributed by atoms with Crippen LogP contribution in [0, 0.1) is 25.7 Å². The summed E-state index contributed by atoms with van der Waals surface area (Å²) in [4.78, 5) is 10.9. The molecule has 0 aliphatic carbocycles. The first kappa shape index (κ1) is 24.0. The second-order valence-corrected chi connectivity index (χ2v) is 9.73. The molecule has 174 valence electrons. The van der Waals surface area contributed by atoms with Crippen molar-refractivity contribution < 1.29 is 0 Å². The lowest BCUT2D eigenvalue weighted by Gasteiger charge is -2.28. The van der Waals surface area contributed by atoms with Crippen molar-refractivity contribution in [2.75, 3.05) is 33.2 Å². The van der Waals surface area contributed by atoms with Crippen molar-refractivity contribution in [1.29, 1.82) is 0 Å². The highest BCUT2D eigenvalue weighted by molar-refractivity contribution is 4.92. The Morgan fingerprint density at radius 2 is 1.29 bits per heavy atom. The van der Waals surface area contributed by atoms with Crippen LogP contribution >= 0.6 is 0 Å². The van der Waals surface area contributed by atoms with E-state index in [4.69, 9.17) is 0 Å². The van der Waals surface area contributed by atoms with Crippen LogP contribution in [0.15, 0.2) is 25.0 Å². The Balaban J connectivity index is 0.000000176. The molecule has 1 N–H and O–H groups in total. The van der Waals surface area contributed by atoms with Gasteiger partial charge in [-0.1, -0.05) is 0 Å². The summed E-state index contributed by atoms with van der Waals surface area (Å²) in [6.07, 6.45) is 19.0. The Labute approximate surface area is 189 Å². The number of aromatic nitrogens is 4. The summed E-state index contributed by atoms with van der Waals surface area (Å²) in [5, 5.41) is 3.41. The van der Waals surface area contributed by atoms with Gasteiger partial charge in [-0.05, 0) is 110 Å². The van der Waals surface area contributed by atoms with E-state index in [0.29, 0.717) is 0 Å². The predicted octanol–water partition coefficient (Wildman–Crippen LogP) is 4.28. The van der Waals surface area contributed by atoms with Crippen LogP contribution in [0.5, 0.6) is 0 Å². The number of nitrogens with one attached hydrogen (secondary N) is 1. The number of aryl methyl sites for hydroxylation is 4. The average Bonchev–Trinajstić information content (AvgIpc) is 3.38.